The number of phenolic OH excluding ortho intramolecular Hbond substituents is 4. The molecule has 1 aromatic heterocycles. The zero-order chi connectivity index (χ0) is 22.0. The van der Waals surface area contributed by atoms with Gasteiger partial charge in [0.2, 0.25) is 0 Å². The van der Waals surface area contributed by atoms with Crippen LogP contribution in [0.15, 0.2) is 36.4 Å². The van der Waals surface area contributed by atoms with Crippen LogP contribution in [0.3, 0.4) is 0 Å². The fourth-order valence-electron chi connectivity index (χ4n) is 3.95. The monoisotopic (exact) mass is 440 g/mol. The molecular formula is C23H24N2O5S. The quantitative estimate of drug-likeness (QED) is 0.356. The van der Waals surface area contributed by atoms with Gasteiger partial charge in [-0.25, -0.2) is 4.98 Å². The molecule has 5 N–H and O–H groups in total. The summed E-state index contributed by atoms with van der Waals surface area (Å²) in [6, 6.07) is 9.00. The number of amides is 1. The number of carbonyl (C=O) groups excluding carboxylic acids is 1. The smallest absolute Gasteiger partial charge is 0.257 e. The van der Waals surface area contributed by atoms with E-state index >= 15 is 0 Å². The molecule has 162 valence electrons. The van der Waals surface area contributed by atoms with E-state index in [1.165, 1.54) is 43.4 Å². The number of carbonyl (C=O) groups is 1. The van der Waals surface area contributed by atoms with Crippen molar-refractivity contribution in [1.29, 1.82) is 0 Å². The second kappa shape index (κ2) is 8.85. The summed E-state index contributed by atoms with van der Waals surface area (Å²) < 4.78 is 0. The Morgan fingerprint density at radius 3 is 2.29 bits per heavy atom. The molecule has 7 nitrogen and oxygen atoms in total. The number of hydrogen-bond acceptors (Lipinski definition) is 7. The van der Waals surface area contributed by atoms with Gasteiger partial charge in [-0.15, -0.1) is 11.3 Å². The van der Waals surface area contributed by atoms with Crippen molar-refractivity contribution in [3.8, 4) is 34.3 Å². The molecule has 31 heavy (non-hydrogen) atoms. The summed E-state index contributed by atoms with van der Waals surface area (Å²) in [5, 5.41) is 41.6. The highest BCUT2D eigenvalue weighted by Crippen LogP contribution is 2.38. The summed E-state index contributed by atoms with van der Waals surface area (Å²) in [5.41, 5.74) is 1.64. The first kappa shape index (κ1) is 21.0. The minimum atomic E-state index is -0.671. The third-order valence-corrected chi connectivity index (χ3v) is 6.58. The SMILES string of the molecule is O=C(Nc1nc(-c2ccc(O)cc2)c(CC2CCCCC2)s1)c1cc(O)c(O)c(O)c1. The third kappa shape index (κ3) is 4.74. The number of rotatable bonds is 5. The lowest BCUT2D eigenvalue weighted by molar-refractivity contribution is 0.102. The van der Waals surface area contributed by atoms with Crippen LogP contribution in [0.4, 0.5) is 5.13 Å². The van der Waals surface area contributed by atoms with Crippen LogP contribution in [0, 0.1) is 5.92 Å². The van der Waals surface area contributed by atoms with Crippen LogP contribution < -0.4 is 5.32 Å². The Bertz CT molecular complexity index is 1060. The van der Waals surface area contributed by atoms with E-state index in [1.54, 1.807) is 24.3 Å². The predicted octanol–water partition coefficient (Wildman–Crippen LogP) is 5.01. The molecule has 3 aromatic rings. The predicted molar refractivity (Wildman–Crippen MR) is 119 cm³/mol. The molecule has 0 radical (unpaired) electrons. The Hall–Kier alpha value is -3.26. The number of thiazole rings is 1. The van der Waals surface area contributed by atoms with Crippen LogP contribution in [-0.4, -0.2) is 31.3 Å². The van der Waals surface area contributed by atoms with Gasteiger partial charge in [-0.1, -0.05) is 32.1 Å². The molecule has 1 amide bonds. The maximum Gasteiger partial charge on any atom is 0.257 e. The number of nitrogens with one attached hydrogen (secondary N) is 1. The topological polar surface area (TPSA) is 123 Å². The van der Waals surface area contributed by atoms with Gasteiger partial charge in [0.1, 0.15) is 5.75 Å². The highest BCUT2D eigenvalue weighted by molar-refractivity contribution is 7.16. The summed E-state index contributed by atoms with van der Waals surface area (Å²) in [4.78, 5) is 18.3. The van der Waals surface area contributed by atoms with Crippen molar-refractivity contribution in [2.75, 3.05) is 5.32 Å². The number of aromatic nitrogens is 1. The summed E-state index contributed by atoms with van der Waals surface area (Å²) in [6.45, 7) is 0. The number of benzene rings is 2. The Morgan fingerprint density at radius 1 is 1.00 bits per heavy atom. The Morgan fingerprint density at radius 2 is 1.65 bits per heavy atom. The molecule has 0 saturated heterocycles. The van der Waals surface area contributed by atoms with E-state index in [1.807, 2.05) is 0 Å². The van der Waals surface area contributed by atoms with Crippen LogP contribution in [0.2, 0.25) is 0 Å². The number of hydrogen-bond donors (Lipinski definition) is 5. The van der Waals surface area contributed by atoms with E-state index in [0.717, 1.165) is 34.7 Å². The minimum Gasteiger partial charge on any atom is -0.508 e. The largest absolute Gasteiger partial charge is 0.508 e. The maximum absolute atomic E-state index is 12.6. The van der Waals surface area contributed by atoms with Crippen molar-refractivity contribution in [3.05, 3.63) is 46.8 Å². The summed E-state index contributed by atoms with van der Waals surface area (Å²) in [7, 11) is 0. The lowest BCUT2D eigenvalue weighted by Crippen LogP contribution is -2.11. The normalized spacial score (nSPS) is 14.5. The van der Waals surface area contributed by atoms with E-state index in [4.69, 9.17) is 0 Å². The molecule has 0 aliphatic heterocycles. The Labute approximate surface area is 183 Å². The van der Waals surface area contributed by atoms with Crippen molar-refractivity contribution >= 4 is 22.4 Å². The zero-order valence-corrected chi connectivity index (χ0v) is 17.7. The van der Waals surface area contributed by atoms with E-state index in [-0.39, 0.29) is 11.3 Å². The molecule has 1 aliphatic rings. The summed E-state index contributed by atoms with van der Waals surface area (Å²) >= 11 is 1.41. The van der Waals surface area contributed by atoms with Gasteiger partial charge in [-0.3, -0.25) is 10.1 Å². The van der Waals surface area contributed by atoms with Crippen LogP contribution in [0.25, 0.3) is 11.3 Å². The van der Waals surface area contributed by atoms with Gasteiger partial charge in [0.15, 0.2) is 22.4 Å². The molecule has 4 rings (SSSR count). The second-order valence-electron chi connectivity index (χ2n) is 7.86. The number of anilines is 1. The molecular weight excluding hydrogens is 416 g/mol. The van der Waals surface area contributed by atoms with Crippen LogP contribution in [-0.2, 0) is 6.42 Å². The van der Waals surface area contributed by atoms with Crippen molar-refractivity contribution in [2.24, 2.45) is 5.92 Å². The lowest BCUT2D eigenvalue weighted by atomic mass is 9.86. The van der Waals surface area contributed by atoms with E-state index < -0.39 is 23.2 Å². The number of phenols is 4. The molecule has 0 bridgehead atoms. The molecule has 2 aromatic carbocycles. The van der Waals surface area contributed by atoms with Gasteiger partial charge in [0.05, 0.1) is 5.69 Å². The standard InChI is InChI=1S/C23H24N2O5S/c26-16-8-6-14(7-9-16)20-19(10-13-4-2-1-3-5-13)31-23(24-20)25-22(30)15-11-17(27)21(29)18(28)12-15/h6-9,11-13,26-29H,1-5,10H2,(H,24,25,30). The summed E-state index contributed by atoms with van der Waals surface area (Å²) in [5.74, 6) is -1.62. The fraction of sp³-hybridized carbons (Fsp3) is 0.304. The Kier molecular flexibility index (Phi) is 5.99. The first-order valence-electron chi connectivity index (χ1n) is 10.3. The average Bonchev–Trinajstić information content (AvgIpc) is 3.14. The van der Waals surface area contributed by atoms with Gasteiger partial charge >= 0.3 is 0 Å². The van der Waals surface area contributed by atoms with Crippen molar-refractivity contribution in [2.45, 2.75) is 38.5 Å². The van der Waals surface area contributed by atoms with Crippen molar-refractivity contribution < 1.29 is 25.2 Å². The van der Waals surface area contributed by atoms with Crippen LogP contribution in [0.1, 0.15) is 47.3 Å². The van der Waals surface area contributed by atoms with Gasteiger partial charge in [0, 0.05) is 16.0 Å². The maximum atomic E-state index is 12.6. The highest BCUT2D eigenvalue weighted by atomic mass is 32.1. The minimum absolute atomic E-state index is 0.00279. The zero-order valence-electron chi connectivity index (χ0n) is 16.8. The molecule has 1 fully saturated rings. The van der Waals surface area contributed by atoms with Crippen LogP contribution >= 0.6 is 11.3 Å². The fourth-order valence-corrected chi connectivity index (χ4v) is 5.04. The number of aromatic hydroxyl groups is 4. The average molecular weight is 441 g/mol. The van der Waals surface area contributed by atoms with E-state index in [9.17, 15) is 25.2 Å². The molecule has 1 heterocycles. The molecule has 0 unspecified atom stereocenters. The van der Waals surface area contributed by atoms with Gasteiger partial charge < -0.3 is 20.4 Å². The molecule has 1 saturated carbocycles. The first-order valence-corrected chi connectivity index (χ1v) is 11.1. The molecule has 0 atom stereocenters. The van der Waals surface area contributed by atoms with Gasteiger partial charge in [-0.05, 0) is 48.7 Å². The third-order valence-electron chi connectivity index (χ3n) is 5.59. The van der Waals surface area contributed by atoms with Crippen LogP contribution in [0.5, 0.6) is 23.0 Å². The van der Waals surface area contributed by atoms with Gasteiger partial charge in [0.25, 0.3) is 5.91 Å². The van der Waals surface area contributed by atoms with Crippen molar-refractivity contribution in [1.82, 2.24) is 4.98 Å². The Balaban J connectivity index is 1.62. The molecule has 1 aliphatic carbocycles. The molecule has 8 heteroatoms. The second-order valence-corrected chi connectivity index (χ2v) is 8.95. The van der Waals surface area contributed by atoms with Crippen molar-refractivity contribution in [3.63, 3.8) is 0 Å². The number of nitrogens with zero attached hydrogens (tertiary/aromatic N) is 1. The molecule has 0 spiro atoms. The van der Waals surface area contributed by atoms with Gasteiger partial charge in [-0.2, -0.15) is 0 Å². The van der Waals surface area contributed by atoms with E-state index in [0.29, 0.717) is 11.0 Å². The first-order chi connectivity index (χ1) is 14.9. The van der Waals surface area contributed by atoms with E-state index in [2.05, 4.69) is 10.3 Å². The summed E-state index contributed by atoms with van der Waals surface area (Å²) in [6.07, 6.45) is 6.98. The highest BCUT2D eigenvalue weighted by Gasteiger charge is 2.21. The lowest BCUT2D eigenvalue weighted by Gasteiger charge is -2.21.